The van der Waals surface area contributed by atoms with Crippen LogP contribution in [0.5, 0.6) is 0 Å². The zero-order valence-electron chi connectivity index (χ0n) is 6.97. The van der Waals surface area contributed by atoms with Gasteiger partial charge < -0.3 is 0 Å². The number of nitrogens with zero attached hydrogens (tertiary/aromatic N) is 1. The number of rotatable bonds is 1. The molecule has 1 nitrogen and oxygen atoms in total. The molecule has 1 saturated carbocycles. The SMILES string of the molecule is C#CCN1CCC2(CC1)CC2. The summed E-state index contributed by atoms with van der Waals surface area (Å²) in [5.74, 6) is 2.71. The fourth-order valence-corrected chi connectivity index (χ4v) is 1.99. The maximum atomic E-state index is 5.25. The minimum absolute atomic E-state index is 0.797. The predicted octanol–water partition coefficient (Wildman–Crippen LogP) is 1.50. The molecule has 0 aromatic rings. The lowest BCUT2D eigenvalue weighted by atomic mass is 9.94. The molecule has 0 bridgehead atoms. The quantitative estimate of drug-likeness (QED) is 0.511. The number of piperidine rings is 1. The summed E-state index contributed by atoms with van der Waals surface area (Å²) >= 11 is 0. The minimum atomic E-state index is 0.797. The second-order valence-electron chi connectivity index (χ2n) is 3.98. The van der Waals surface area contributed by atoms with E-state index in [-0.39, 0.29) is 0 Å². The van der Waals surface area contributed by atoms with Crippen LogP contribution in [0, 0.1) is 17.8 Å². The lowest BCUT2D eigenvalue weighted by Gasteiger charge is -2.30. The second kappa shape index (κ2) is 2.53. The normalized spacial score (nSPS) is 28.3. The minimum Gasteiger partial charge on any atom is -0.292 e. The van der Waals surface area contributed by atoms with Gasteiger partial charge in [-0.1, -0.05) is 5.92 Å². The van der Waals surface area contributed by atoms with Crippen LogP contribution >= 0.6 is 0 Å². The molecule has 60 valence electrons. The van der Waals surface area contributed by atoms with E-state index >= 15 is 0 Å². The molecule has 1 spiro atoms. The summed E-state index contributed by atoms with van der Waals surface area (Å²) in [4.78, 5) is 2.39. The molecule has 11 heavy (non-hydrogen) atoms. The van der Waals surface area contributed by atoms with Gasteiger partial charge in [0, 0.05) is 0 Å². The first kappa shape index (κ1) is 7.18. The van der Waals surface area contributed by atoms with Crippen LogP contribution in [0.15, 0.2) is 0 Å². The van der Waals surface area contributed by atoms with Crippen LogP contribution in [0.1, 0.15) is 25.7 Å². The summed E-state index contributed by atoms with van der Waals surface area (Å²) in [5, 5.41) is 0. The highest BCUT2D eigenvalue weighted by atomic mass is 15.1. The number of hydrogen-bond acceptors (Lipinski definition) is 1. The fraction of sp³-hybridized carbons (Fsp3) is 0.800. The Kier molecular flexibility index (Phi) is 1.65. The molecule has 0 unspecified atom stereocenters. The van der Waals surface area contributed by atoms with E-state index in [1.165, 1.54) is 38.8 Å². The highest BCUT2D eigenvalue weighted by Crippen LogP contribution is 2.53. The van der Waals surface area contributed by atoms with Gasteiger partial charge in [-0.15, -0.1) is 6.42 Å². The van der Waals surface area contributed by atoms with Crippen LogP contribution in [0.2, 0.25) is 0 Å². The average molecular weight is 149 g/mol. The first-order valence-corrected chi connectivity index (χ1v) is 4.51. The summed E-state index contributed by atoms with van der Waals surface area (Å²) in [5.41, 5.74) is 0.797. The number of likely N-dealkylation sites (tertiary alicyclic amines) is 1. The molecule has 2 aliphatic rings. The van der Waals surface area contributed by atoms with Gasteiger partial charge in [0.15, 0.2) is 0 Å². The molecular formula is C10H15N. The highest BCUT2D eigenvalue weighted by Gasteiger charge is 2.44. The van der Waals surface area contributed by atoms with E-state index in [0.717, 1.165) is 12.0 Å². The third-order valence-electron chi connectivity index (χ3n) is 3.19. The van der Waals surface area contributed by atoms with Gasteiger partial charge in [0.1, 0.15) is 0 Å². The van der Waals surface area contributed by atoms with E-state index in [4.69, 9.17) is 6.42 Å². The molecular weight excluding hydrogens is 134 g/mol. The average Bonchev–Trinajstić information content (AvgIpc) is 2.76. The van der Waals surface area contributed by atoms with Crippen molar-refractivity contribution in [2.75, 3.05) is 19.6 Å². The fourth-order valence-electron chi connectivity index (χ4n) is 1.99. The second-order valence-corrected chi connectivity index (χ2v) is 3.98. The van der Waals surface area contributed by atoms with Crippen molar-refractivity contribution in [1.29, 1.82) is 0 Å². The summed E-state index contributed by atoms with van der Waals surface area (Å²) in [7, 11) is 0. The molecule has 1 heterocycles. The summed E-state index contributed by atoms with van der Waals surface area (Å²) in [6.07, 6.45) is 11.0. The van der Waals surface area contributed by atoms with Crippen LogP contribution in [0.4, 0.5) is 0 Å². The standard InChI is InChI=1S/C10H15N/c1-2-7-11-8-5-10(3-4-10)6-9-11/h1H,3-9H2. The molecule has 1 heteroatoms. The van der Waals surface area contributed by atoms with E-state index < -0.39 is 0 Å². The first-order valence-electron chi connectivity index (χ1n) is 4.51. The van der Waals surface area contributed by atoms with Crippen molar-refractivity contribution in [1.82, 2.24) is 4.90 Å². The van der Waals surface area contributed by atoms with Crippen LogP contribution in [0.3, 0.4) is 0 Å². The molecule has 2 fully saturated rings. The first-order chi connectivity index (χ1) is 5.35. The number of hydrogen-bond donors (Lipinski definition) is 0. The molecule has 0 N–H and O–H groups in total. The Morgan fingerprint density at radius 2 is 1.82 bits per heavy atom. The predicted molar refractivity (Wildman–Crippen MR) is 46.2 cm³/mol. The van der Waals surface area contributed by atoms with E-state index in [2.05, 4.69) is 10.8 Å². The van der Waals surface area contributed by atoms with Crippen molar-refractivity contribution < 1.29 is 0 Å². The van der Waals surface area contributed by atoms with Gasteiger partial charge in [-0.2, -0.15) is 0 Å². The molecule has 1 saturated heterocycles. The summed E-state index contributed by atoms with van der Waals surface area (Å²) in [6.45, 7) is 3.34. The van der Waals surface area contributed by atoms with Crippen molar-refractivity contribution in [3.05, 3.63) is 0 Å². The van der Waals surface area contributed by atoms with Crippen LogP contribution in [0.25, 0.3) is 0 Å². The van der Waals surface area contributed by atoms with Crippen LogP contribution in [-0.2, 0) is 0 Å². The molecule has 0 aromatic carbocycles. The third-order valence-corrected chi connectivity index (χ3v) is 3.19. The summed E-state index contributed by atoms with van der Waals surface area (Å²) < 4.78 is 0. The Balaban J connectivity index is 1.81. The zero-order valence-corrected chi connectivity index (χ0v) is 6.97. The molecule has 0 amide bonds. The lowest BCUT2D eigenvalue weighted by molar-refractivity contribution is 0.191. The number of terminal acetylenes is 1. The molecule has 0 atom stereocenters. The van der Waals surface area contributed by atoms with E-state index in [0.29, 0.717) is 0 Å². The lowest BCUT2D eigenvalue weighted by Crippen LogP contribution is -2.34. The van der Waals surface area contributed by atoms with Crippen molar-refractivity contribution in [3.63, 3.8) is 0 Å². The van der Waals surface area contributed by atoms with Gasteiger partial charge >= 0.3 is 0 Å². The van der Waals surface area contributed by atoms with E-state index in [1.54, 1.807) is 0 Å². The largest absolute Gasteiger partial charge is 0.292 e. The molecule has 1 aliphatic heterocycles. The topological polar surface area (TPSA) is 3.24 Å². The third kappa shape index (κ3) is 1.41. The van der Waals surface area contributed by atoms with E-state index in [9.17, 15) is 0 Å². The van der Waals surface area contributed by atoms with Gasteiger partial charge in [-0.05, 0) is 44.2 Å². The Hall–Kier alpha value is -0.480. The Morgan fingerprint density at radius 3 is 2.27 bits per heavy atom. The van der Waals surface area contributed by atoms with Gasteiger partial charge in [-0.25, -0.2) is 0 Å². The molecule has 0 radical (unpaired) electrons. The van der Waals surface area contributed by atoms with E-state index in [1.807, 2.05) is 0 Å². The van der Waals surface area contributed by atoms with Gasteiger partial charge in [-0.3, -0.25) is 4.90 Å². The smallest absolute Gasteiger partial charge is 0.0598 e. The Labute approximate surface area is 68.8 Å². The van der Waals surface area contributed by atoms with Crippen LogP contribution in [-0.4, -0.2) is 24.5 Å². The van der Waals surface area contributed by atoms with Crippen molar-refractivity contribution in [2.24, 2.45) is 5.41 Å². The van der Waals surface area contributed by atoms with Gasteiger partial charge in [0.05, 0.1) is 6.54 Å². The maximum Gasteiger partial charge on any atom is 0.0598 e. The van der Waals surface area contributed by atoms with Crippen LogP contribution < -0.4 is 0 Å². The summed E-state index contributed by atoms with van der Waals surface area (Å²) in [6, 6.07) is 0. The maximum absolute atomic E-state index is 5.25. The van der Waals surface area contributed by atoms with Gasteiger partial charge in [0.2, 0.25) is 0 Å². The molecule has 2 rings (SSSR count). The molecule has 1 aliphatic carbocycles. The van der Waals surface area contributed by atoms with Gasteiger partial charge in [0.25, 0.3) is 0 Å². The highest BCUT2D eigenvalue weighted by molar-refractivity contribution is 4.98. The van der Waals surface area contributed by atoms with Crippen molar-refractivity contribution in [3.8, 4) is 12.3 Å². The Morgan fingerprint density at radius 1 is 1.18 bits per heavy atom. The Bertz CT molecular complexity index is 176. The molecule has 0 aromatic heterocycles. The van der Waals surface area contributed by atoms with Crippen molar-refractivity contribution >= 4 is 0 Å². The van der Waals surface area contributed by atoms with Crippen molar-refractivity contribution in [2.45, 2.75) is 25.7 Å². The zero-order chi connectivity index (χ0) is 7.73. The monoisotopic (exact) mass is 149 g/mol.